The number of rotatable bonds is 4. The van der Waals surface area contributed by atoms with Crippen LogP contribution in [-0.2, 0) is 0 Å². The molecule has 1 atom stereocenters. The van der Waals surface area contributed by atoms with Gasteiger partial charge in [0.2, 0.25) is 0 Å². The van der Waals surface area contributed by atoms with E-state index in [0.717, 1.165) is 22.8 Å². The Bertz CT molecular complexity index is 761. The first kappa shape index (κ1) is 13.6. The van der Waals surface area contributed by atoms with Crippen LogP contribution in [-0.4, -0.2) is 7.11 Å². The molecular weight excluding hydrogens is 262 g/mol. The van der Waals surface area contributed by atoms with Crippen molar-refractivity contribution in [3.05, 3.63) is 59.9 Å². The molecule has 108 valence electrons. The Morgan fingerprint density at radius 3 is 2.52 bits per heavy atom. The molecule has 0 saturated carbocycles. The van der Waals surface area contributed by atoms with Gasteiger partial charge in [-0.25, -0.2) is 0 Å². The summed E-state index contributed by atoms with van der Waals surface area (Å²) in [6, 6.07) is 16.1. The molecule has 0 aliphatic heterocycles. The van der Waals surface area contributed by atoms with E-state index in [-0.39, 0.29) is 6.04 Å². The van der Waals surface area contributed by atoms with Crippen molar-refractivity contribution in [3.8, 4) is 5.75 Å². The highest BCUT2D eigenvalue weighted by molar-refractivity contribution is 5.82. The fraction of sp³-hybridized carbons (Fsp3) is 0.222. The van der Waals surface area contributed by atoms with Crippen molar-refractivity contribution >= 4 is 16.7 Å². The van der Waals surface area contributed by atoms with Crippen molar-refractivity contribution < 1.29 is 9.15 Å². The molecule has 3 nitrogen and oxygen atoms in total. The van der Waals surface area contributed by atoms with Gasteiger partial charge < -0.3 is 14.5 Å². The van der Waals surface area contributed by atoms with Gasteiger partial charge in [-0.3, -0.25) is 0 Å². The summed E-state index contributed by atoms with van der Waals surface area (Å²) in [4.78, 5) is 0. The van der Waals surface area contributed by atoms with Crippen molar-refractivity contribution in [2.24, 2.45) is 0 Å². The number of nitrogens with one attached hydrogen (secondary N) is 1. The second kappa shape index (κ2) is 5.52. The van der Waals surface area contributed by atoms with E-state index in [9.17, 15) is 0 Å². The van der Waals surface area contributed by atoms with E-state index < -0.39 is 0 Å². The second-order valence-corrected chi connectivity index (χ2v) is 5.15. The van der Waals surface area contributed by atoms with Crippen molar-refractivity contribution in [2.75, 3.05) is 12.4 Å². The molecule has 1 heterocycles. The third-order valence-corrected chi connectivity index (χ3v) is 3.75. The Labute approximate surface area is 124 Å². The number of benzene rings is 2. The first-order chi connectivity index (χ1) is 10.2. The number of anilines is 1. The first-order valence-corrected chi connectivity index (χ1v) is 7.08. The van der Waals surface area contributed by atoms with Gasteiger partial charge in [-0.1, -0.05) is 30.3 Å². The normalized spacial score (nSPS) is 12.3. The molecule has 0 fully saturated rings. The number of ether oxygens (including phenoxy) is 1. The molecule has 0 amide bonds. The third kappa shape index (κ3) is 2.47. The molecule has 0 aliphatic carbocycles. The maximum atomic E-state index is 6.00. The van der Waals surface area contributed by atoms with Gasteiger partial charge in [0.15, 0.2) is 0 Å². The molecular formula is C18H19NO2. The lowest BCUT2D eigenvalue weighted by molar-refractivity contribution is 0.415. The monoisotopic (exact) mass is 281 g/mol. The minimum Gasteiger partial charge on any atom is -0.495 e. The molecule has 0 saturated heterocycles. The van der Waals surface area contributed by atoms with Gasteiger partial charge in [-0.15, -0.1) is 0 Å². The summed E-state index contributed by atoms with van der Waals surface area (Å²) >= 11 is 0. The Kier molecular flexibility index (Phi) is 3.57. The van der Waals surface area contributed by atoms with Crippen LogP contribution in [0.3, 0.4) is 0 Å². The third-order valence-electron chi connectivity index (χ3n) is 3.75. The molecule has 3 rings (SSSR count). The Morgan fingerprint density at radius 2 is 1.76 bits per heavy atom. The SMILES string of the molecule is COc1ccccc1NC(C)c1oc2ccccc2c1C. The number of fused-ring (bicyclic) bond motifs is 1. The van der Waals surface area contributed by atoms with Gasteiger partial charge in [0, 0.05) is 10.9 Å². The van der Waals surface area contributed by atoms with Crippen LogP contribution in [0, 0.1) is 6.92 Å². The molecule has 21 heavy (non-hydrogen) atoms. The summed E-state index contributed by atoms with van der Waals surface area (Å²) in [5, 5.41) is 4.63. The van der Waals surface area contributed by atoms with Crippen molar-refractivity contribution in [3.63, 3.8) is 0 Å². The molecule has 0 spiro atoms. The van der Waals surface area contributed by atoms with Crippen LogP contribution in [0.4, 0.5) is 5.69 Å². The zero-order chi connectivity index (χ0) is 14.8. The smallest absolute Gasteiger partial charge is 0.141 e. The molecule has 3 heteroatoms. The van der Waals surface area contributed by atoms with E-state index in [4.69, 9.17) is 9.15 Å². The molecule has 1 aromatic heterocycles. The van der Waals surface area contributed by atoms with Crippen molar-refractivity contribution in [1.82, 2.24) is 0 Å². The van der Waals surface area contributed by atoms with Gasteiger partial charge in [0.05, 0.1) is 18.8 Å². The predicted molar refractivity (Wildman–Crippen MR) is 86.0 cm³/mol. The number of para-hydroxylation sites is 3. The topological polar surface area (TPSA) is 34.4 Å². The number of furan rings is 1. The molecule has 2 aromatic carbocycles. The summed E-state index contributed by atoms with van der Waals surface area (Å²) in [5.41, 5.74) is 3.08. The van der Waals surface area contributed by atoms with E-state index in [1.807, 2.05) is 42.5 Å². The number of aryl methyl sites for hydroxylation is 1. The van der Waals surface area contributed by atoms with Gasteiger partial charge in [-0.2, -0.15) is 0 Å². The summed E-state index contributed by atoms with van der Waals surface area (Å²) in [6.07, 6.45) is 0. The highest BCUT2D eigenvalue weighted by atomic mass is 16.5. The fourth-order valence-electron chi connectivity index (χ4n) is 2.67. The molecule has 1 unspecified atom stereocenters. The molecule has 1 N–H and O–H groups in total. The predicted octanol–water partition coefficient (Wildman–Crippen LogP) is 4.92. The highest BCUT2D eigenvalue weighted by Crippen LogP contribution is 2.33. The molecule has 0 aliphatic rings. The van der Waals surface area contributed by atoms with Gasteiger partial charge in [-0.05, 0) is 32.0 Å². The van der Waals surface area contributed by atoms with Crippen LogP contribution < -0.4 is 10.1 Å². The van der Waals surface area contributed by atoms with E-state index >= 15 is 0 Å². The van der Waals surface area contributed by atoms with E-state index in [2.05, 4.69) is 25.2 Å². The number of methoxy groups -OCH3 is 1. The zero-order valence-corrected chi connectivity index (χ0v) is 12.5. The number of hydrogen-bond donors (Lipinski definition) is 1. The fourth-order valence-corrected chi connectivity index (χ4v) is 2.67. The van der Waals surface area contributed by atoms with Gasteiger partial charge >= 0.3 is 0 Å². The van der Waals surface area contributed by atoms with E-state index in [1.54, 1.807) is 7.11 Å². The summed E-state index contributed by atoms with van der Waals surface area (Å²) in [6.45, 7) is 4.19. The highest BCUT2D eigenvalue weighted by Gasteiger charge is 2.17. The van der Waals surface area contributed by atoms with Crippen LogP contribution in [0.2, 0.25) is 0 Å². The summed E-state index contributed by atoms with van der Waals surface area (Å²) < 4.78 is 11.4. The van der Waals surface area contributed by atoms with Crippen LogP contribution in [0.5, 0.6) is 5.75 Å². The Morgan fingerprint density at radius 1 is 1.05 bits per heavy atom. The Hall–Kier alpha value is -2.42. The first-order valence-electron chi connectivity index (χ1n) is 7.08. The van der Waals surface area contributed by atoms with Gasteiger partial charge in [0.1, 0.15) is 17.1 Å². The molecule has 0 radical (unpaired) electrons. The summed E-state index contributed by atoms with van der Waals surface area (Å²) in [5.74, 6) is 1.79. The van der Waals surface area contributed by atoms with Crippen LogP contribution in [0.25, 0.3) is 11.0 Å². The lowest BCUT2D eigenvalue weighted by atomic mass is 10.1. The Balaban J connectivity index is 1.93. The largest absolute Gasteiger partial charge is 0.495 e. The zero-order valence-electron chi connectivity index (χ0n) is 12.5. The minimum absolute atomic E-state index is 0.0636. The lowest BCUT2D eigenvalue weighted by Crippen LogP contribution is -2.07. The van der Waals surface area contributed by atoms with Crippen LogP contribution in [0.1, 0.15) is 24.3 Å². The van der Waals surface area contributed by atoms with Crippen LogP contribution >= 0.6 is 0 Å². The van der Waals surface area contributed by atoms with E-state index in [1.165, 1.54) is 10.9 Å². The van der Waals surface area contributed by atoms with Crippen molar-refractivity contribution in [2.45, 2.75) is 19.9 Å². The van der Waals surface area contributed by atoms with E-state index in [0.29, 0.717) is 0 Å². The number of hydrogen-bond acceptors (Lipinski definition) is 3. The van der Waals surface area contributed by atoms with Crippen LogP contribution in [0.15, 0.2) is 52.9 Å². The lowest BCUT2D eigenvalue weighted by Gasteiger charge is -2.16. The van der Waals surface area contributed by atoms with Gasteiger partial charge in [0.25, 0.3) is 0 Å². The maximum absolute atomic E-state index is 6.00. The second-order valence-electron chi connectivity index (χ2n) is 5.15. The average molecular weight is 281 g/mol. The maximum Gasteiger partial charge on any atom is 0.141 e. The minimum atomic E-state index is 0.0636. The summed E-state index contributed by atoms with van der Waals surface area (Å²) in [7, 11) is 1.68. The van der Waals surface area contributed by atoms with Crippen molar-refractivity contribution in [1.29, 1.82) is 0 Å². The molecule has 3 aromatic rings. The molecule has 0 bridgehead atoms. The average Bonchev–Trinajstić information content (AvgIpc) is 2.85. The quantitative estimate of drug-likeness (QED) is 0.736. The standard InChI is InChI=1S/C18H19NO2/c1-12-14-8-4-6-10-16(14)21-18(12)13(2)19-15-9-5-7-11-17(15)20-3/h4-11,13,19H,1-3H3.